The molecule has 0 bridgehead atoms. The predicted octanol–water partition coefficient (Wildman–Crippen LogP) is 1.20. The highest BCUT2D eigenvalue weighted by Crippen LogP contribution is 2.36. The van der Waals surface area contributed by atoms with E-state index in [9.17, 15) is 19.2 Å². The molecule has 34 heavy (non-hydrogen) atoms. The molecule has 1 aromatic carbocycles. The highest BCUT2D eigenvalue weighted by molar-refractivity contribution is 6.09. The van der Waals surface area contributed by atoms with Crippen LogP contribution in [-0.2, 0) is 16.9 Å². The van der Waals surface area contributed by atoms with Crippen molar-refractivity contribution in [1.29, 1.82) is 0 Å². The molecule has 11 heteroatoms. The normalized spacial score (nSPS) is 19.3. The van der Waals surface area contributed by atoms with Crippen LogP contribution in [0.25, 0.3) is 11.0 Å². The molecule has 0 radical (unpaired) electrons. The first-order chi connectivity index (χ1) is 16.3. The number of carbonyl (C=O) groups is 4. The van der Waals surface area contributed by atoms with Gasteiger partial charge in [-0.2, -0.15) is 0 Å². The van der Waals surface area contributed by atoms with E-state index in [1.807, 2.05) is 0 Å². The van der Waals surface area contributed by atoms with Crippen molar-refractivity contribution >= 4 is 34.7 Å². The van der Waals surface area contributed by atoms with E-state index in [2.05, 4.69) is 20.9 Å². The highest BCUT2D eigenvalue weighted by atomic mass is 16.5. The number of imide groups is 1. The zero-order valence-electron chi connectivity index (χ0n) is 18.6. The van der Waals surface area contributed by atoms with Crippen LogP contribution in [0.2, 0.25) is 0 Å². The smallest absolute Gasteiger partial charge is 0.322 e. The number of hydrogen-bond acceptors (Lipinski definition) is 7. The Morgan fingerprint density at radius 2 is 2.09 bits per heavy atom. The van der Waals surface area contributed by atoms with Crippen LogP contribution in [0.5, 0.6) is 5.75 Å². The maximum Gasteiger partial charge on any atom is 0.322 e. The van der Waals surface area contributed by atoms with Crippen LogP contribution in [0.4, 0.5) is 4.79 Å². The summed E-state index contributed by atoms with van der Waals surface area (Å²) < 4.78 is 11.2. The van der Waals surface area contributed by atoms with Crippen molar-refractivity contribution in [2.45, 2.75) is 19.0 Å². The molecule has 11 nitrogen and oxygen atoms in total. The number of carbonyl (C=O) groups excluding carboxylic acids is 4. The zero-order chi connectivity index (χ0) is 24.2. The molecule has 1 saturated heterocycles. The van der Waals surface area contributed by atoms with E-state index >= 15 is 0 Å². The number of hydrogen-bond donors (Lipinski definition) is 3. The van der Waals surface area contributed by atoms with Gasteiger partial charge < -0.3 is 24.7 Å². The standard InChI is InChI=1S/C23H21N5O6/c1-11-14-7-17(34-18(14)16(8-25-11)19(29)24-2)23(21(31)26-22(32)27-23)10-28-9-12-4-5-13(33-3)6-15(12)20(28)30/h4-8H,9-10H2,1-3H3,(H,24,29)(H2,26,27,31,32)/t23-/m0/s1. The highest BCUT2D eigenvalue weighted by Gasteiger charge is 2.53. The van der Waals surface area contributed by atoms with Gasteiger partial charge in [-0.3, -0.25) is 24.7 Å². The number of fused-ring (bicyclic) bond motifs is 2. The van der Waals surface area contributed by atoms with E-state index in [0.717, 1.165) is 5.56 Å². The van der Waals surface area contributed by atoms with Gasteiger partial charge in [0, 0.05) is 36.4 Å². The third-order valence-electron chi connectivity index (χ3n) is 6.21. The van der Waals surface area contributed by atoms with Gasteiger partial charge in [-0.15, -0.1) is 0 Å². The fourth-order valence-electron chi connectivity index (χ4n) is 4.39. The number of furan rings is 1. The summed E-state index contributed by atoms with van der Waals surface area (Å²) >= 11 is 0. The van der Waals surface area contributed by atoms with Gasteiger partial charge in [0.05, 0.1) is 13.7 Å². The first-order valence-electron chi connectivity index (χ1n) is 10.5. The molecule has 3 aromatic rings. The molecule has 174 valence electrons. The van der Waals surface area contributed by atoms with Crippen molar-refractivity contribution in [1.82, 2.24) is 25.8 Å². The third kappa shape index (κ3) is 3.08. The molecule has 0 unspecified atom stereocenters. The van der Waals surface area contributed by atoms with Crippen molar-refractivity contribution in [3.05, 3.63) is 58.6 Å². The largest absolute Gasteiger partial charge is 0.497 e. The molecular weight excluding hydrogens is 442 g/mol. The van der Waals surface area contributed by atoms with Gasteiger partial charge in [-0.1, -0.05) is 6.07 Å². The monoisotopic (exact) mass is 463 g/mol. The average Bonchev–Trinajstić information content (AvgIpc) is 3.49. The van der Waals surface area contributed by atoms with E-state index in [4.69, 9.17) is 9.15 Å². The number of urea groups is 1. The second kappa shape index (κ2) is 7.58. The second-order valence-corrected chi connectivity index (χ2v) is 8.19. The minimum absolute atomic E-state index is 0.0911. The Kier molecular flexibility index (Phi) is 4.78. The fraction of sp³-hybridized carbons (Fsp3) is 0.261. The van der Waals surface area contributed by atoms with Crippen LogP contribution in [0.1, 0.15) is 37.7 Å². The van der Waals surface area contributed by atoms with Crippen molar-refractivity contribution in [3.8, 4) is 5.75 Å². The zero-order valence-corrected chi connectivity index (χ0v) is 18.6. The van der Waals surface area contributed by atoms with Crippen molar-refractivity contribution in [2.75, 3.05) is 20.7 Å². The Balaban J connectivity index is 1.60. The summed E-state index contributed by atoms with van der Waals surface area (Å²) in [6.07, 6.45) is 1.39. The van der Waals surface area contributed by atoms with Crippen LogP contribution in [0.15, 0.2) is 34.9 Å². The molecule has 4 heterocycles. The minimum Gasteiger partial charge on any atom is -0.497 e. The molecule has 5 rings (SSSR count). The number of aryl methyl sites for hydroxylation is 1. The molecule has 5 amide bonds. The number of rotatable bonds is 5. The molecule has 3 N–H and O–H groups in total. The summed E-state index contributed by atoms with van der Waals surface area (Å²) in [5.74, 6) is -0.746. The van der Waals surface area contributed by atoms with Gasteiger partial charge in [-0.25, -0.2) is 4.79 Å². The van der Waals surface area contributed by atoms with Gasteiger partial charge in [0.25, 0.3) is 17.7 Å². The molecule has 0 spiro atoms. The Morgan fingerprint density at radius 1 is 1.29 bits per heavy atom. The van der Waals surface area contributed by atoms with Gasteiger partial charge in [0.15, 0.2) is 11.1 Å². The van der Waals surface area contributed by atoms with Gasteiger partial charge in [0.1, 0.15) is 17.1 Å². The minimum atomic E-state index is -1.69. The lowest BCUT2D eigenvalue weighted by Crippen LogP contribution is -2.52. The summed E-state index contributed by atoms with van der Waals surface area (Å²) in [6.45, 7) is 1.80. The topological polar surface area (TPSA) is 143 Å². The number of pyridine rings is 1. The van der Waals surface area contributed by atoms with Crippen LogP contribution < -0.4 is 20.7 Å². The quantitative estimate of drug-likeness (QED) is 0.483. The first-order valence-corrected chi connectivity index (χ1v) is 10.5. The van der Waals surface area contributed by atoms with E-state index in [-0.39, 0.29) is 35.9 Å². The van der Waals surface area contributed by atoms with Crippen molar-refractivity contribution in [2.24, 2.45) is 0 Å². The number of methoxy groups -OCH3 is 1. The molecule has 2 aliphatic rings. The number of nitrogens with zero attached hydrogens (tertiary/aromatic N) is 2. The number of aromatic nitrogens is 1. The van der Waals surface area contributed by atoms with E-state index in [1.165, 1.54) is 25.3 Å². The number of ether oxygens (including phenoxy) is 1. The molecule has 1 atom stereocenters. The predicted molar refractivity (Wildman–Crippen MR) is 118 cm³/mol. The van der Waals surface area contributed by atoms with Crippen molar-refractivity contribution in [3.63, 3.8) is 0 Å². The molecule has 0 aliphatic carbocycles. The number of nitrogens with one attached hydrogen (secondary N) is 3. The SMILES string of the molecule is CNC(=O)c1cnc(C)c2cc([C@]3(CN4Cc5ccc(OC)cc5C4=O)NC(=O)NC3=O)oc12. The number of benzene rings is 1. The summed E-state index contributed by atoms with van der Waals surface area (Å²) in [6, 6.07) is 6.05. The average molecular weight is 463 g/mol. The maximum absolute atomic E-state index is 13.2. The molecule has 0 saturated carbocycles. The lowest BCUT2D eigenvalue weighted by molar-refractivity contribution is -0.125. The van der Waals surface area contributed by atoms with Gasteiger partial charge >= 0.3 is 6.03 Å². The van der Waals surface area contributed by atoms with E-state index in [0.29, 0.717) is 22.4 Å². The summed E-state index contributed by atoms with van der Waals surface area (Å²) in [5.41, 5.74) is 0.545. The van der Waals surface area contributed by atoms with Crippen LogP contribution in [0.3, 0.4) is 0 Å². The van der Waals surface area contributed by atoms with Crippen LogP contribution in [0, 0.1) is 6.92 Å². The second-order valence-electron chi connectivity index (χ2n) is 8.19. The molecule has 1 fully saturated rings. The summed E-state index contributed by atoms with van der Waals surface area (Å²) in [5, 5.41) is 7.93. The van der Waals surface area contributed by atoms with E-state index in [1.54, 1.807) is 31.2 Å². The Hall–Kier alpha value is -4.41. The number of amides is 5. The fourth-order valence-corrected chi connectivity index (χ4v) is 4.39. The lowest BCUT2D eigenvalue weighted by Gasteiger charge is -2.29. The van der Waals surface area contributed by atoms with Gasteiger partial charge in [0.2, 0.25) is 0 Å². The van der Waals surface area contributed by atoms with Crippen LogP contribution >= 0.6 is 0 Å². The Bertz CT molecular complexity index is 1400. The van der Waals surface area contributed by atoms with E-state index < -0.39 is 23.4 Å². The van der Waals surface area contributed by atoms with Gasteiger partial charge in [-0.05, 0) is 30.7 Å². The maximum atomic E-state index is 13.2. The Morgan fingerprint density at radius 3 is 2.76 bits per heavy atom. The summed E-state index contributed by atoms with van der Waals surface area (Å²) in [7, 11) is 2.99. The summed E-state index contributed by atoms with van der Waals surface area (Å²) in [4.78, 5) is 56.5. The molecular formula is C23H21N5O6. The lowest BCUT2D eigenvalue weighted by atomic mass is 9.95. The third-order valence-corrected chi connectivity index (χ3v) is 6.21. The van der Waals surface area contributed by atoms with Crippen LogP contribution in [-0.4, -0.2) is 54.3 Å². The molecule has 2 aromatic heterocycles. The Labute approximate surface area is 193 Å². The van der Waals surface area contributed by atoms with Crippen molar-refractivity contribution < 1.29 is 28.3 Å². The molecule has 2 aliphatic heterocycles. The first kappa shape index (κ1) is 21.4.